The molecule has 134 valence electrons. The zero-order valence-corrected chi connectivity index (χ0v) is 15.2. The molecule has 0 aromatic heterocycles. The van der Waals surface area contributed by atoms with Crippen LogP contribution >= 0.6 is 0 Å². The number of carboxylic acids is 1. The highest BCUT2D eigenvalue weighted by atomic mass is 16.4. The minimum atomic E-state index is -0.852. The first-order chi connectivity index (χ1) is 11.8. The lowest BCUT2D eigenvalue weighted by molar-refractivity contribution is -0.131. The molecule has 0 aromatic rings. The fourth-order valence-electron chi connectivity index (χ4n) is 2.16. The number of hydrogen-bond donors (Lipinski definition) is 1. The van der Waals surface area contributed by atoms with E-state index in [1.165, 1.54) is 25.3 Å². The van der Waals surface area contributed by atoms with Gasteiger partial charge in [-0.2, -0.15) is 0 Å². The maximum Gasteiger partial charge on any atom is 0.327 e. The number of carbonyl (C=O) groups is 1. The minimum Gasteiger partial charge on any atom is -0.478 e. The van der Waals surface area contributed by atoms with Crippen LogP contribution in [0, 0.1) is 0 Å². The molecule has 0 atom stereocenters. The SMILES string of the molecule is CC/C=C/C/C=C\C/C=C/C/C=C\CCCCCCC=CC(=O)O. The van der Waals surface area contributed by atoms with Gasteiger partial charge in [0.15, 0.2) is 0 Å². The van der Waals surface area contributed by atoms with E-state index >= 15 is 0 Å². The van der Waals surface area contributed by atoms with Crippen LogP contribution in [-0.2, 0) is 4.79 Å². The molecule has 0 bridgehead atoms. The van der Waals surface area contributed by atoms with E-state index in [1.807, 2.05) is 0 Å². The van der Waals surface area contributed by atoms with Crippen LogP contribution in [0.4, 0.5) is 0 Å². The molecule has 2 nitrogen and oxygen atoms in total. The van der Waals surface area contributed by atoms with E-state index in [-0.39, 0.29) is 0 Å². The first-order valence-electron chi connectivity index (χ1n) is 9.26. The van der Waals surface area contributed by atoms with Crippen molar-refractivity contribution in [2.45, 2.75) is 71.1 Å². The van der Waals surface area contributed by atoms with Crippen molar-refractivity contribution in [2.75, 3.05) is 0 Å². The van der Waals surface area contributed by atoms with Crippen molar-refractivity contribution in [3.63, 3.8) is 0 Å². The molecular weight excluding hydrogens is 296 g/mol. The molecule has 0 aliphatic carbocycles. The van der Waals surface area contributed by atoms with E-state index in [0.29, 0.717) is 0 Å². The summed E-state index contributed by atoms with van der Waals surface area (Å²) in [4.78, 5) is 10.3. The van der Waals surface area contributed by atoms with Crippen LogP contribution < -0.4 is 0 Å². The molecule has 0 saturated carbocycles. The van der Waals surface area contributed by atoms with E-state index in [9.17, 15) is 4.79 Å². The largest absolute Gasteiger partial charge is 0.478 e. The smallest absolute Gasteiger partial charge is 0.327 e. The van der Waals surface area contributed by atoms with Crippen LogP contribution in [-0.4, -0.2) is 11.1 Å². The van der Waals surface area contributed by atoms with Crippen molar-refractivity contribution in [3.05, 3.63) is 60.8 Å². The Bertz CT molecular complexity index is 425. The van der Waals surface area contributed by atoms with Crippen molar-refractivity contribution < 1.29 is 9.90 Å². The number of hydrogen-bond acceptors (Lipinski definition) is 1. The molecular formula is C22H34O2. The van der Waals surface area contributed by atoms with Gasteiger partial charge in [0.05, 0.1) is 0 Å². The average Bonchev–Trinajstić information content (AvgIpc) is 2.56. The van der Waals surface area contributed by atoms with Gasteiger partial charge in [-0.25, -0.2) is 4.79 Å². The molecule has 0 saturated heterocycles. The first kappa shape index (κ1) is 22.2. The molecule has 0 spiro atoms. The number of carboxylic acid groups (broad SMARTS) is 1. The summed E-state index contributed by atoms with van der Waals surface area (Å²) in [6.45, 7) is 2.15. The van der Waals surface area contributed by atoms with Crippen molar-refractivity contribution in [3.8, 4) is 0 Å². The van der Waals surface area contributed by atoms with Crippen molar-refractivity contribution in [1.29, 1.82) is 0 Å². The normalized spacial score (nSPS) is 12.7. The van der Waals surface area contributed by atoms with Gasteiger partial charge in [-0.15, -0.1) is 0 Å². The van der Waals surface area contributed by atoms with Gasteiger partial charge in [-0.05, 0) is 51.4 Å². The molecule has 0 unspecified atom stereocenters. The second-order valence-corrected chi connectivity index (χ2v) is 5.73. The molecule has 0 heterocycles. The molecule has 1 N–H and O–H groups in total. The fourth-order valence-corrected chi connectivity index (χ4v) is 2.16. The Balaban J connectivity index is 3.36. The zero-order valence-electron chi connectivity index (χ0n) is 15.2. The molecule has 0 fully saturated rings. The standard InChI is InChI=1S/C22H34O2/c1-2-3-4-5-6-7-8-9-10-11-12-13-14-15-16-17-18-19-20-21-22(23)24/h3-4,6-7,9-10,12-13,20-21H,2,5,8,11,14-19H2,1H3,(H,23,24)/b4-3+,7-6-,10-9+,13-12-,21-20?. The Morgan fingerprint density at radius 1 is 0.667 bits per heavy atom. The van der Waals surface area contributed by atoms with Crippen LogP contribution in [0.1, 0.15) is 71.1 Å². The second kappa shape index (κ2) is 19.2. The quantitative estimate of drug-likeness (QED) is 0.204. The molecule has 0 aliphatic rings. The Labute approximate surface area is 148 Å². The van der Waals surface area contributed by atoms with E-state index in [2.05, 4.69) is 55.5 Å². The maximum absolute atomic E-state index is 10.3. The van der Waals surface area contributed by atoms with E-state index in [0.717, 1.165) is 44.9 Å². The predicted octanol–water partition coefficient (Wildman–Crippen LogP) is 6.77. The van der Waals surface area contributed by atoms with Crippen molar-refractivity contribution >= 4 is 5.97 Å². The van der Waals surface area contributed by atoms with Gasteiger partial charge in [0, 0.05) is 6.08 Å². The third-order valence-electron chi connectivity index (χ3n) is 3.47. The Morgan fingerprint density at radius 3 is 1.62 bits per heavy atom. The molecule has 0 aliphatic heterocycles. The Hall–Kier alpha value is -1.83. The predicted molar refractivity (Wildman–Crippen MR) is 105 cm³/mol. The van der Waals surface area contributed by atoms with Crippen LogP contribution in [0.3, 0.4) is 0 Å². The number of rotatable bonds is 15. The van der Waals surface area contributed by atoms with Crippen LogP contribution in [0.2, 0.25) is 0 Å². The summed E-state index contributed by atoms with van der Waals surface area (Å²) in [5, 5.41) is 8.45. The van der Waals surface area contributed by atoms with Crippen molar-refractivity contribution in [2.24, 2.45) is 0 Å². The first-order valence-corrected chi connectivity index (χ1v) is 9.26. The van der Waals surface area contributed by atoms with Gasteiger partial charge in [0.1, 0.15) is 0 Å². The maximum atomic E-state index is 10.3. The Morgan fingerprint density at radius 2 is 1.12 bits per heavy atom. The van der Waals surface area contributed by atoms with Gasteiger partial charge >= 0.3 is 5.97 Å². The molecule has 0 amide bonds. The second-order valence-electron chi connectivity index (χ2n) is 5.73. The molecule has 0 rings (SSSR count). The lowest BCUT2D eigenvalue weighted by Crippen LogP contribution is -1.85. The van der Waals surface area contributed by atoms with Gasteiger partial charge < -0.3 is 5.11 Å². The lowest BCUT2D eigenvalue weighted by atomic mass is 10.1. The molecule has 0 radical (unpaired) electrons. The van der Waals surface area contributed by atoms with E-state index in [1.54, 1.807) is 6.08 Å². The monoisotopic (exact) mass is 330 g/mol. The minimum absolute atomic E-state index is 0.852. The number of aliphatic carboxylic acids is 1. The summed E-state index contributed by atoms with van der Waals surface area (Å²) in [6.07, 6.45) is 31.6. The fraction of sp³-hybridized carbons (Fsp3) is 0.500. The van der Waals surface area contributed by atoms with Crippen LogP contribution in [0.15, 0.2) is 60.8 Å². The average molecular weight is 331 g/mol. The summed E-state index contributed by atoms with van der Waals surface area (Å²) in [5.74, 6) is -0.852. The lowest BCUT2D eigenvalue weighted by Gasteiger charge is -1.96. The molecule has 0 aromatic carbocycles. The molecule has 2 heteroatoms. The highest BCUT2D eigenvalue weighted by Gasteiger charge is 1.89. The third kappa shape index (κ3) is 20.2. The van der Waals surface area contributed by atoms with Crippen LogP contribution in [0.5, 0.6) is 0 Å². The summed E-state index contributed by atoms with van der Waals surface area (Å²) in [6, 6.07) is 0. The number of allylic oxidation sites excluding steroid dienone is 9. The summed E-state index contributed by atoms with van der Waals surface area (Å²) >= 11 is 0. The highest BCUT2D eigenvalue weighted by Crippen LogP contribution is 2.06. The van der Waals surface area contributed by atoms with Gasteiger partial charge in [0.2, 0.25) is 0 Å². The van der Waals surface area contributed by atoms with Gasteiger partial charge in [-0.1, -0.05) is 74.4 Å². The van der Waals surface area contributed by atoms with Crippen molar-refractivity contribution in [1.82, 2.24) is 0 Å². The zero-order chi connectivity index (χ0) is 17.7. The van der Waals surface area contributed by atoms with E-state index in [4.69, 9.17) is 5.11 Å². The van der Waals surface area contributed by atoms with E-state index < -0.39 is 5.97 Å². The Kier molecular flexibility index (Phi) is 17.8. The molecule has 24 heavy (non-hydrogen) atoms. The summed E-state index contributed by atoms with van der Waals surface area (Å²) in [5.41, 5.74) is 0. The van der Waals surface area contributed by atoms with Gasteiger partial charge in [0.25, 0.3) is 0 Å². The highest BCUT2D eigenvalue weighted by molar-refractivity contribution is 5.79. The van der Waals surface area contributed by atoms with Crippen LogP contribution in [0.25, 0.3) is 0 Å². The third-order valence-corrected chi connectivity index (χ3v) is 3.47. The number of unbranched alkanes of at least 4 members (excludes halogenated alkanes) is 5. The summed E-state index contributed by atoms with van der Waals surface area (Å²) < 4.78 is 0. The summed E-state index contributed by atoms with van der Waals surface area (Å²) in [7, 11) is 0. The topological polar surface area (TPSA) is 37.3 Å². The van der Waals surface area contributed by atoms with Gasteiger partial charge in [-0.3, -0.25) is 0 Å².